The molecule has 0 unspecified atom stereocenters. The molecule has 2 aromatic rings. The summed E-state index contributed by atoms with van der Waals surface area (Å²) in [7, 11) is 3.06. The van der Waals surface area contributed by atoms with Crippen LogP contribution in [0.15, 0.2) is 36.4 Å². The lowest BCUT2D eigenvalue weighted by molar-refractivity contribution is 0.0992. The lowest BCUT2D eigenvalue weighted by Crippen LogP contribution is -2.27. The SMILES string of the molecule is COc1ccccc1N(C)C(=O)c1cc(F)c(Cl)cc1Cl. The molecule has 0 saturated carbocycles. The second-order valence-electron chi connectivity index (χ2n) is 4.28. The number of carbonyl (C=O) groups is 1. The first-order valence-corrected chi connectivity index (χ1v) is 6.77. The first kappa shape index (κ1) is 15.6. The summed E-state index contributed by atoms with van der Waals surface area (Å²) in [6.07, 6.45) is 0. The molecule has 0 aromatic heterocycles. The van der Waals surface area contributed by atoms with Gasteiger partial charge in [-0.25, -0.2) is 4.39 Å². The topological polar surface area (TPSA) is 29.5 Å². The van der Waals surface area contributed by atoms with Crippen molar-refractivity contribution in [1.82, 2.24) is 0 Å². The summed E-state index contributed by atoms with van der Waals surface area (Å²) in [5, 5.41) is -0.0374. The Hall–Kier alpha value is -1.78. The molecule has 1 amide bonds. The van der Waals surface area contributed by atoms with Crippen molar-refractivity contribution >= 4 is 34.8 Å². The van der Waals surface area contributed by atoms with E-state index in [0.29, 0.717) is 11.4 Å². The molecule has 3 nitrogen and oxygen atoms in total. The van der Waals surface area contributed by atoms with Crippen LogP contribution in [-0.4, -0.2) is 20.1 Å². The smallest absolute Gasteiger partial charge is 0.259 e. The van der Waals surface area contributed by atoms with Crippen molar-refractivity contribution in [3.8, 4) is 5.75 Å². The normalized spacial score (nSPS) is 10.3. The molecule has 0 radical (unpaired) electrons. The third kappa shape index (κ3) is 3.12. The van der Waals surface area contributed by atoms with E-state index in [9.17, 15) is 9.18 Å². The van der Waals surface area contributed by atoms with E-state index in [0.717, 1.165) is 6.07 Å². The maximum atomic E-state index is 13.5. The molecule has 6 heteroatoms. The van der Waals surface area contributed by atoms with Crippen LogP contribution in [0.5, 0.6) is 5.75 Å². The Bertz CT molecular complexity index is 691. The summed E-state index contributed by atoms with van der Waals surface area (Å²) < 4.78 is 18.7. The van der Waals surface area contributed by atoms with Crippen LogP contribution >= 0.6 is 23.2 Å². The van der Waals surface area contributed by atoms with Crippen molar-refractivity contribution < 1.29 is 13.9 Å². The fourth-order valence-electron chi connectivity index (χ4n) is 1.88. The quantitative estimate of drug-likeness (QED) is 0.781. The van der Waals surface area contributed by atoms with Gasteiger partial charge in [-0.3, -0.25) is 4.79 Å². The summed E-state index contributed by atoms with van der Waals surface area (Å²) in [5.74, 6) is -0.628. The number of benzene rings is 2. The number of nitrogens with zero attached hydrogens (tertiary/aromatic N) is 1. The van der Waals surface area contributed by atoms with Crippen LogP contribution in [0.4, 0.5) is 10.1 Å². The van der Waals surface area contributed by atoms with E-state index < -0.39 is 11.7 Å². The predicted octanol–water partition coefficient (Wildman–Crippen LogP) is 4.42. The monoisotopic (exact) mass is 327 g/mol. The Morgan fingerprint density at radius 1 is 1.19 bits per heavy atom. The van der Waals surface area contributed by atoms with Gasteiger partial charge < -0.3 is 9.64 Å². The van der Waals surface area contributed by atoms with Gasteiger partial charge in [0.15, 0.2) is 0 Å². The molecule has 0 N–H and O–H groups in total. The minimum atomic E-state index is -0.696. The summed E-state index contributed by atoms with van der Waals surface area (Å²) in [5.41, 5.74) is 0.586. The second-order valence-corrected chi connectivity index (χ2v) is 5.10. The fraction of sp³-hybridized carbons (Fsp3) is 0.133. The zero-order valence-electron chi connectivity index (χ0n) is 11.4. The molecular weight excluding hydrogens is 316 g/mol. The third-order valence-corrected chi connectivity index (χ3v) is 3.59. The van der Waals surface area contributed by atoms with E-state index in [4.69, 9.17) is 27.9 Å². The highest BCUT2D eigenvalue weighted by atomic mass is 35.5. The van der Waals surface area contributed by atoms with Crippen molar-refractivity contribution in [3.05, 3.63) is 57.8 Å². The Morgan fingerprint density at radius 2 is 1.86 bits per heavy atom. The lowest BCUT2D eigenvalue weighted by atomic mass is 10.1. The number of anilines is 1. The van der Waals surface area contributed by atoms with Gasteiger partial charge in [0, 0.05) is 7.05 Å². The molecule has 0 atom stereocenters. The molecule has 0 spiro atoms. The minimum absolute atomic E-state index is 0.0342. The van der Waals surface area contributed by atoms with Crippen LogP contribution in [-0.2, 0) is 0 Å². The van der Waals surface area contributed by atoms with E-state index >= 15 is 0 Å². The molecule has 21 heavy (non-hydrogen) atoms. The number of ether oxygens (including phenoxy) is 1. The molecule has 2 aromatic carbocycles. The predicted molar refractivity (Wildman–Crippen MR) is 82.1 cm³/mol. The molecule has 0 aliphatic carbocycles. The van der Waals surface area contributed by atoms with Gasteiger partial charge in [0.2, 0.25) is 0 Å². The van der Waals surface area contributed by atoms with Crippen LogP contribution < -0.4 is 9.64 Å². The second kappa shape index (κ2) is 6.33. The maximum absolute atomic E-state index is 13.5. The highest BCUT2D eigenvalue weighted by molar-refractivity contribution is 6.37. The zero-order chi connectivity index (χ0) is 15.6. The molecule has 2 rings (SSSR count). The first-order valence-electron chi connectivity index (χ1n) is 6.01. The fourth-order valence-corrected chi connectivity index (χ4v) is 2.35. The highest BCUT2D eigenvalue weighted by Crippen LogP contribution is 2.30. The molecule has 110 valence electrons. The largest absolute Gasteiger partial charge is 0.495 e. The average molecular weight is 328 g/mol. The van der Waals surface area contributed by atoms with Gasteiger partial charge in [-0.2, -0.15) is 0 Å². The Balaban J connectivity index is 2.42. The number of amides is 1. The van der Waals surface area contributed by atoms with E-state index in [1.54, 1.807) is 31.3 Å². The van der Waals surface area contributed by atoms with Gasteiger partial charge >= 0.3 is 0 Å². The molecule has 0 bridgehead atoms. The Labute approximate surface area is 131 Å². The van der Waals surface area contributed by atoms with Gasteiger partial charge in [0.05, 0.1) is 28.4 Å². The highest BCUT2D eigenvalue weighted by Gasteiger charge is 2.20. The van der Waals surface area contributed by atoms with Crippen molar-refractivity contribution in [1.29, 1.82) is 0 Å². The van der Waals surface area contributed by atoms with Crippen molar-refractivity contribution in [2.24, 2.45) is 0 Å². The van der Waals surface area contributed by atoms with Gasteiger partial charge in [-0.15, -0.1) is 0 Å². The number of methoxy groups -OCH3 is 1. The first-order chi connectivity index (χ1) is 9.95. The molecule has 0 saturated heterocycles. The van der Waals surface area contributed by atoms with Gasteiger partial charge in [-0.1, -0.05) is 35.3 Å². The summed E-state index contributed by atoms with van der Waals surface area (Å²) in [4.78, 5) is 13.8. The van der Waals surface area contributed by atoms with E-state index in [-0.39, 0.29) is 15.6 Å². The lowest BCUT2D eigenvalue weighted by Gasteiger charge is -2.20. The zero-order valence-corrected chi connectivity index (χ0v) is 12.9. The Kier molecular flexibility index (Phi) is 4.70. The van der Waals surface area contributed by atoms with Crippen LogP contribution in [0.25, 0.3) is 0 Å². The maximum Gasteiger partial charge on any atom is 0.259 e. The van der Waals surface area contributed by atoms with Crippen LogP contribution in [0.2, 0.25) is 10.0 Å². The van der Waals surface area contributed by atoms with Gasteiger partial charge in [0.1, 0.15) is 11.6 Å². The standard InChI is InChI=1S/C15H12Cl2FNO2/c1-19(13-5-3-4-6-14(13)21-2)15(20)9-7-12(18)11(17)8-10(9)16/h3-8H,1-2H3. The number of rotatable bonds is 3. The van der Waals surface area contributed by atoms with Crippen LogP contribution in [0, 0.1) is 5.82 Å². The van der Waals surface area contributed by atoms with Crippen molar-refractivity contribution in [3.63, 3.8) is 0 Å². The number of hydrogen-bond acceptors (Lipinski definition) is 2. The molecule has 0 aliphatic heterocycles. The molecule has 0 fully saturated rings. The molecular formula is C15H12Cl2FNO2. The molecule has 0 heterocycles. The van der Waals surface area contributed by atoms with Gasteiger partial charge in [-0.05, 0) is 24.3 Å². The summed E-state index contributed by atoms with van der Waals surface area (Å²) in [6.45, 7) is 0. The van der Waals surface area contributed by atoms with E-state index in [1.165, 1.54) is 18.1 Å². The number of para-hydroxylation sites is 2. The van der Waals surface area contributed by atoms with E-state index in [2.05, 4.69) is 0 Å². The molecule has 0 aliphatic rings. The van der Waals surface area contributed by atoms with E-state index in [1.807, 2.05) is 0 Å². The number of halogens is 3. The van der Waals surface area contributed by atoms with Crippen molar-refractivity contribution in [2.75, 3.05) is 19.1 Å². The summed E-state index contributed by atoms with van der Waals surface area (Å²) >= 11 is 11.6. The van der Waals surface area contributed by atoms with Crippen LogP contribution in [0.3, 0.4) is 0 Å². The van der Waals surface area contributed by atoms with Crippen molar-refractivity contribution in [2.45, 2.75) is 0 Å². The number of carbonyl (C=O) groups excluding carboxylic acids is 1. The Morgan fingerprint density at radius 3 is 2.52 bits per heavy atom. The third-order valence-electron chi connectivity index (χ3n) is 2.99. The average Bonchev–Trinajstić information content (AvgIpc) is 2.49. The number of hydrogen-bond donors (Lipinski definition) is 0. The minimum Gasteiger partial charge on any atom is -0.495 e. The van der Waals surface area contributed by atoms with Gasteiger partial charge in [0.25, 0.3) is 5.91 Å². The van der Waals surface area contributed by atoms with Crippen LogP contribution in [0.1, 0.15) is 10.4 Å². The summed E-state index contributed by atoms with van der Waals surface area (Å²) in [6, 6.07) is 9.24.